The minimum absolute atomic E-state index is 0.0314. The van der Waals surface area contributed by atoms with E-state index in [9.17, 15) is 19.2 Å². The molecule has 0 aliphatic heterocycles. The van der Waals surface area contributed by atoms with Gasteiger partial charge in [-0.05, 0) is 63.4 Å². The van der Waals surface area contributed by atoms with E-state index in [1.54, 1.807) is 24.3 Å². The highest BCUT2D eigenvalue weighted by Crippen LogP contribution is 2.15. The first kappa shape index (κ1) is 40.2. The predicted octanol–water partition coefficient (Wildman–Crippen LogP) is 2.99. The topological polar surface area (TPSA) is 175 Å². The molecule has 2 radical (unpaired) electrons. The van der Waals surface area contributed by atoms with Crippen LogP contribution < -0.4 is 27.4 Å². The number of ether oxygens (including phenoxy) is 2. The fourth-order valence-corrected chi connectivity index (χ4v) is 3.11. The van der Waals surface area contributed by atoms with Gasteiger partial charge in [0.1, 0.15) is 12.6 Å². The minimum atomic E-state index is -0.869. The SMILES string of the molecule is CC(C)N.CCCCN.[B]C(=O)OCc1ccc(NC(=O)CNC(=O)C(NC(=O)CC(C)(C)OCC)C(C)C)cc1. The van der Waals surface area contributed by atoms with Gasteiger partial charge < -0.3 is 36.9 Å². The summed E-state index contributed by atoms with van der Waals surface area (Å²) in [6.07, 6.45) is 2.49. The van der Waals surface area contributed by atoms with Crippen molar-refractivity contribution >= 4 is 37.1 Å². The average Bonchev–Trinajstić information content (AvgIpc) is 2.85. The molecule has 0 saturated carbocycles. The summed E-state index contributed by atoms with van der Waals surface area (Å²) in [5.74, 6) is -2.22. The van der Waals surface area contributed by atoms with Crippen LogP contribution in [0.25, 0.3) is 0 Å². The zero-order valence-electron chi connectivity index (χ0n) is 26.2. The van der Waals surface area contributed by atoms with Crippen molar-refractivity contribution in [2.24, 2.45) is 17.4 Å². The van der Waals surface area contributed by atoms with Gasteiger partial charge in [-0.2, -0.15) is 0 Å². The Kier molecular flexibility index (Phi) is 22.3. The van der Waals surface area contributed by atoms with Crippen molar-refractivity contribution in [1.82, 2.24) is 10.6 Å². The van der Waals surface area contributed by atoms with Gasteiger partial charge >= 0.3 is 0 Å². The molecule has 11 nitrogen and oxygen atoms in total. The largest absolute Gasteiger partial charge is 0.470 e. The maximum atomic E-state index is 12.6. The molecule has 0 bridgehead atoms. The van der Waals surface area contributed by atoms with Crippen LogP contribution in [0.1, 0.15) is 80.2 Å². The van der Waals surface area contributed by atoms with E-state index in [1.165, 1.54) is 12.8 Å². The predicted molar refractivity (Wildman–Crippen MR) is 164 cm³/mol. The number of benzene rings is 1. The maximum absolute atomic E-state index is 12.6. The molecular formula is C29H52BN5O6. The Hall–Kier alpha value is -2.96. The van der Waals surface area contributed by atoms with Crippen LogP contribution in [-0.2, 0) is 30.5 Å². The molecular weight excluding hydrogens is 525 g/mol. The zero-order valence-corrected chi connectivity index (χ0v) is 26.2. The second-order valence-corrected chi connectivity index (χ2v) is 10.6. The van der Waals surface area contributed by atoms with E-state index in [1.807, 2.05) is 48.5 Å². The molecule has 0 fully saturated rings. The van der Waals surface area contributed by atoms with Crippen LogP contribution in [0.5, 0.6) is 0 Å². The number of unbranched alkanes of at least 4 members (excludes halogenated alkanes) is 1. The summed E-state index contributed by atoms with van der Waals surface area (Å²) in [6.45, 7) is 16.2. The average molecular weight is 578 g/mol. The second kappa shape index (κ2) is 22.7. The summed E-state index contributed by atoms with van der Waals surface area (Å²) in [5, 5.41) is 7.93. The zero-order chi connectivity index (χ0) is 32.0. The number of nitrogens with two attached hydrogens (primary N) is 2. The van der Waals surface area contributed by atoms with Crippen molar-refractivity contribution in [1.29, 1.82) is 0 Å². The first-order valence-corrected chi connectivity index (χ1v) is 14.1. The highest BCUT2D eigenvalue weighted by molar-refractivity contribution is 6.55. The molecule has 0 aliphatic rings. The second-order valence-electron chi connectivity index (χ2n) is 10.6. The Morgan fingerprint density at radius 3 is 1.98 bits per heavy atom. The lowest BCUT2D eigenvalue weighted by atomic mass is 10.0. The van der Waals surface area contributed by atoms with Crippen LogP contribution in [0, 0.1) is 5.92 Å². The normalized spacial score (nSPS) is 11.3. The quantitative estimate of drug-likeness (QED) is 0.210. The molecule has 41 heavy (non-hydrogen) atoms. The highest BCUT2D eigenvalue weighted by atomic mass is 16.5. The fourth-order valence-electron chi connectivity index (χ4n) is 3.11. The molecule has 0 spiro atoms. The number of anilines is 1. The molecule has 3 amide bonds. The Labute approximate surface area is 247 Å². The summed E-state index contributed by atoms with van der Waals surface area (Å²) in [6, 6.07) is 6.17. The molecule has 7 N–H and O–H groups in total. The van der Waals surface area contributed by atoms with Crippen molar-refractivity contribution in [3.63, 3.8) is 0 Å². The molecule has 1 aromatic carbocycles. The van der Waals surface area contributed by atoms with E-state index in [4.69, 9.17) is 24.1 Å². The number of nitrogens with one attached hydrogen (secondary N) is 3. The number of rotatable bonds is 14. The number of carbonyl (C=O) groups excluding carboxylic acids is 4. The van der Waals surface area contributed by atoms with Crippen LogP contribution in [0.15, 0.2) is 24.3 Å². The first-order chi connectivity index (χ1) is 19.1. The van der Waals surface area contributed by atoms with Crippen molar-refractivity contribution in [2.75, 3.05) is 25.0 Å². The van der Waals surface area contributed by atoms with E-state index >= 15 is 0 Å². The maximum Gasteiger partial charge on any atom is 0.243 e. The van der Waals surface area contributed by atoms with E-state index in [2.05, 4.69) is 27.6 Å². The Bertz CT molecular complexity index is 889. The summed E-state index contributed by atoms with van der Waals surface area (Å²) in [7, 11) is 4.92. The van der Waals surface area contributed by atoms with Gasteiger partial charge in [-0.3, -0.25) is 19.2 Å². The van der Waals surface area contributed by atoms with Gasteiger partial charge in [0.2, 0.25) is 31.4 Å². The third kappa shape index (κ3) is 23.5. The monoisotopic (exact) mass is 577 g/mol. The molecule has 0 saturated heterocycles. The molecule has 1 rings (SSSR count). The van der Waals surface area contributed by atoms with Crippen molar-refractivity contribution in [3.8, 4) is 0 Å². The van der Waals surface area contributed by atoms with Gasteiger partial charge in [0, 0.05) is 12.3 Å². The van der Waals surface area contributed by atoms with Gasteiger partial charge in [-0.15, -0.1) is 0 Å². The summed E-state index contributed by atoms with van der Waals surface area (Å²) in [5.41, 5.74) is 10.8. The van der Waals surface area contributed by atoms with E-state index in [0.717, 1.165) is 6.54 Å². The van der Waals surface area contributed by atoms with Gasteiger partial charge in [-0.1, -0.05) is 53.2 Å². The molecule has 1 unspecified atom stereocenters. The lowest BCUT2D eigenvalue weighted by Gasteiger charge is -2.26. The summed E-state index contributed by atoms with van der Waals surface area (Å²) < 4.78 is 10.2. The van der Waals surface area contributed by atoms with Gasteiger partial charge in [0.15, 0.2) is 0 Å². The number of hydrogen-bond donors (Lipinski definition) is 5. The fraction of sp³-hybridized carbons (Fsp3) is 0.655. The van der Waals surface area contributed by atoms with E-state index in [-0.39, 0.29) is 31.4 Å². The van der Waals surface area contributed by atoms with Crippen molar-refractivity contribution in [2.45, 2.75) is 98.9 Å². The van der Waals surface area contributed by atoms with Crippen LogP contribution >= 0.6 is 0 Å². The molecule has 1 atom stereocenters. The van der Waals surface area contributed by atoms with Gasteiger partial charge in [0.05, 0.1) is 18.6 Å². The Morgan fingerprint density at radius 2 is 1.56 bits per heavy atom. The Morgan fingerprint density at radius 1 is 1.00 bits per heavy atom. The summed E-state index contributed by atoms with van der Waals surface area (Å²) in [4.78, 5) is 47.7. The number of carbonyl (C=O) groups is 4. The third-order valence-electron chi connectivity index (χ3n) is 4.99. The first-order valence-electron chi connectivity index (χ1n) is 14.1. The van der Waals surface area contributed by atoms with Gasteiger partial charge in [-0.25, -0.2) is 0 Å². The summed E-state index contributed by atoms with van der Waals surface area (Å²) >= 11 is 0. The molecule has 12 heteroatoms. The lowest BCUT2D eigenvalue weighted by molar-refractivity contribution is -0.133. The standard InChI is InChI=1S/C22H32BN3O6.C4H11N.C3H9N/c1-6-32-22(4,5)11-17(27)26-19(14(2)3)20(29)24-12-18(28)25-16-9-7-15(8-10-16)13-31-21(23)30;1-2-3-4-5;1-3(2)4/h7-10,14,19H,6,11-13H2,1-5H3,(H,24,29)(H,25,28)(H,26,27);2-5H2,1H3;3H,4H2,1-2H3. The highest BCUT2D eigenvalue weighted by Gasteiger charge is 2.28. The lowest BCUT2D eigenvalue weighted by Crippen LogP contribution is -2.52. The minimum Gasteiger partial charge on any atom is -0.470 e. The van der Waals surface area contributed by atoms with Crippen molar-refractivity contribution < 1.29 is 28.7 Å². The number of amides is 3. The van der Waals surface area contributed by atoms with Crippen LogP contribution in [0.4, 0.5) is 10.5 Å². The molecule has 232 valence electrons. The molecule has 0 aliphatic carbocycles. The number of hydrogen-bond acceptors (Lipinski definition) is 8. The smallest absolute Gasteiger partial charge is 0.243 e. The van der Waals surface area contributed by atoms with Crippen molar-refractivity contribution in [3.05, 3.63) is 29.8 Å². The van der Waals surface area contributed by atoms with E-state index < -0.39 is 29.3 Å². The van der Waals surface area contributed by atoms with E-state index in [0.29, 0.717) is 23.9 Å². The van der Waals surface area contributed by atoms with Crippen LogP contribution in [0.3, 0.4) is 0 Å². The molecule has 0 heterocycles. The molecule has 1 aromatic rings. The molecule has 0 aromatic heterocycles. The Balaban J connectivity index is 0. The van der Waals surface area contributed by atoms with Gasteiger partial charge in [0.25, 0.3) is 0 Å². The van der Waals surface area contributed by atoms with Crippen LogP contribution in [0.2, 0.25) is 0 Å². The van der Waals surface area contributed by atoms with Crippen LogP contribution in [-0.4, -0.2) is 68.8 Å². The third-order valence-corrected chi connectivity index (χ3v) is 4.99.